The average molecular weight is 868 g/mol. The summed E-state index contributed by atoms with van der Waals surface area (Å²) in [5, 5.41) is 7.43. The van der Waals surface area contributed by atoms with Crippen LogP contribution >= 0.6 is 11.3 Å². The van der Waals surface area contributed by atoms with E-state index in [1.54, 1.807) is 43.3 Å². The van der Waals surface area contributed by atoms with Gasteiger partial charge in [0.05, 0.1) is 21.7 Å². The molecule has 4 aromatic rings. The van der Waals surface area contributed by atoms with Gasteiger partial charge in [0, 0.05) is 34.1 Å². The molecule has 4 heterocycles. The number of carbonyl (C=O) groups is 4. The molecule has 4 amide bonds. The fourth-order valence-electron chi connectivity index (χ4n) is 8.08. The van der Waals surface area contributed by atoms with Gasteiger partial charge in [-0.15, -0.1) is 24.5 Å². The van der Waals surface area contributed by atoms with Crippen molar-refractivity contribution >= 4 is 66.7 Å². The van der Waals surface area contributed by atoms with Crippen LogP contribution in [0.4, 0.5) is 13.2 Å². The van der Waals surface area contributed by atoms with Gasteiger partial charge in [-0.2, -0.15) is 0 Å². The van der Waals surface area contributed by atoms with Gasteiger partial charge < -0.3 is 25.0 Å². The Morgan fingerprint density at radius 1 is 1.02 bits per heavy atom. The second-order valence-electron chi connectivity index (χ2n) is 16.3. The summed E-state index contributed by atoms with van der Waals surface area (Å²) in [4.78, 5) is 63.9. The number of hydrogen-bond acceptors (Lipinski definition) is 10. The summed E-state index contributed by atoms with van der Waals surface area (Å²) in [5.74, 6) is -3.50. The predicted octanol–water partition coefficient (Wildman–Crippen LogP) is 6.20. The van der Waals surface area contributed by atoms with Crippen LogP contribution in [0, 0.1) is 12.8 Å². The lowest BCUT2D eigenvalue weighted by molar-refractivity contribution is -0.274. The van der Waals surface area contributed by atoms with Crippen molar-refractivity contribution in [2.45, 2.75) is 106 Å². The van der Waals surface area contributed by atoms with E-state index in [1.165, 1.54) is 28.4 Å². The molecule has 0 unspecified atom stereocenters. The van der Waals surface area contributed by atoms with Gasteiger partial charge >= 0.3 is 6.36 Å². The molecule has 0 radical (unpaired) electrons. The number of sulfonamides is 1. The van der Waals surface area contributed by atoms with Gasteiger partial charge in [-0.1, -0.05) is 43.2 Å². The third kappa shape index (κ3) is 8.40. The molecule has 2 aromatic carbocycles. The zero-order valence-electron chi connectivity index (χ0n) is 32.8. The van der Waals surface area contributed by atoms with E-state index in [0.717, 1.165) is 23.8 Å². The predicted molar refractivity (Wildman–Crippen MR) is 217 cm³/mol. The van der Waals surface area contributed by atoms with Crippen LogP contribution in [0.2, 0.25) is 0 Å². The van der Waals surface area contributed by atoms with Crippen molar-refractivity contribution in [1.82, 2.24) is 25.2 Å². The number of amides is 4. The number of rotatable bonds is 8. The molecule has 2 aliphatic heterocycles. The van der Waals surface area contributed by atoms with Crippen molar-refractivity contribution in [1.29, 1.82) is 0 Å². The maximum atomic E-state index is 14.7. The lowest BCUT2D eigenvalue weighted by atomic mass is 10.0. The Labute approximate surface area is 348 Å². The highest BCUT2D eigenvalue weighted by Crippen LogP contribution is 2.47. The average Bonchev–Trinajstić information content (AvgIpc) is 3.99. The minimum Gasteiger partial charge on any atom is -0.472 e. The molecule has 60 heavy (non-hydrogen) atoms. The highest BCUT2D eigenvalue weighted by atomic mass is 32.2. The Balaban J connectivity index is 1.13. The van der Waals surface area contributed by atoms with Gasteiger partial charge in [0.2, 0.25) is 27.7 Å². The van der Waals surface area contributed by atoms with Crippen molar-refractivity contribution < 1.29 is 50.2 Å². The number of nitrogens with zero attached hydrogens (tertiary/aromatic N) is 2. The summed E-state index contributed by atoms with van der Waals surface area (Å²) in [6.45, 7) is 3.27. The topological polar surface area (TPSA) is 173 Å². The van der Waals surface area contributed by atoms with Crippen LogP contribution in [0.15, 0.2) is 66.7 Å². The number of alkyl halides is 3. The molecule has 2 aromatic heterocycles. The molecule has 3 fully saturated rings. The van der Waals surface area contributed by atoms with Crippen molar-refractivity contribution in [3.05, 3.63) is 76.5 Å². The van der Waals surface area contributed by atoms with Crippen LogP contribution in [0.3, 0.4) is 0 Å². The molecule has 318 valence electrons. The third-order valence-electron chi connectivity index (χ3n) is 11.9. The van der Waals surface area contributed by atoms with E-state index in [0.29, 0.717) is 46.7 Å². The number of carbonyl (C=O) groups excluding carboxylic acids is 4. The molecule has 3 N–H and O–H groups in total. The summed E-state index contributed by atoms with van der Waals surface area (Å²) >= 11 is 1.28. The molecule has 2 saturated carbocycles. The van der Waals surface area contributed by atoms with E-state index < -0.39 is 80.2 Å². The van der Waals surface area contributed by atoms with E-state index in [-0.39, 0.29) is 37.2 Å². The normalized spacial score (nSPS) is 26.2. The van der Waals surface area contributed by atoms with Crippen LogP contribution in [-0.2, 0) is 24.4 Å². The fraction of sp³-hybridized carbons (Fsp3) is 0.452. The number of allylic oxidation sites excluding steroid dienone is 1. The quantitative estimate of drug-likeness (QED) is 0.138. The fourth-order valence-corrected chi connectivity index (χ4v) is 10.2. The molecular formula is C42H44F3N5O8S2. The maximum Gasteiger partial charge on any atom is 0.573 e. The molecule has 4 aliphatic rings. The highest BCUT2D eigenvalue weighted by Gasteiger charge is 2.63. The zero-order valence-corrected chi connectivity index (χ0v) is 34.5. The number of pyridine rings is 1. The highest BCUT2D eigenvalue weighted by molar-refractivity contribution is 7.91. The Kier molecular flexibility index (Phi) is 10.8. The van der Waals surface area contributed by atoms with Crippen LogP contribution < -0.4 is 24.8 Å². The first-order valence-electron chi connectivity index (χ1n) is 19.9. The Hall–Kier alpha value is -5.23. The van der Waals surface area contributed by atoms with E-state index >= 15 is 0 Å². The molecule has 0 spiro atoms. The van der Waals surface area contributed by atoms with Crippen molar-refractivity contribution in [3.63, 3.8) is 0 Å². The number of aryl methyl sites for hydroxylation is 1. The van der Waals surface area contributed by atoms with Crippen molar-refractivity contribution in [3.8, 4) is 11.6 Å². The summed E-state index contributed by atoms with van der Waals surface area (Å²) < 4.78 is 77.7. The van der Waals surface area contributed by atoms with Gasteiger partial charge in [-0.25, -0.2) is 13.4 Å². The first kappa shape index (κ1) is 41.5. The molecule has 1 saturated heterocycles. The molecule has 18 heteroatoms. The Bertz CT molecular complexity index is 2520. The molecule has 5 atom stereocenters. The molecule has 2 aliphatic carbocycles. The second kappa shape index (κ2) is 15.7. The first-order valence-corrected chi connectivity index (χ1v) is 22.2. The van der Waals surface area contributed by atoms with Gasteiger partial charge in [0.15, 0.2) is 0 Å². The third-order valence-corrected chi connectivity index (χ3v) is 15.1. The van der Waals surface area contributed by atoms with Gasteiger partial charge in [-0.3, -0.25) is 23.9 Å². The molecule has 8 rings (SSSR count). The molecule has 13 nitrogen and oxygen atoms in total. The zero-order chi connectivity index (χ0) is 42.6. The lowest BCUT2D eigenvalue weighted by Gasteiger charge is -2.30. The largest absolute Gasteiger partial charge is 0.573 e. The standard InChI is InChI=1S/C42H44F3N5O8S2/c1-24-14-17-34(59-24)36(52)46-31-13-7-5-3-4-6-10-25-22-41(25,39(54)49-60(55,56)40(2)18-19-40)48-35(51)33-21-27(23-50(33)38(31)53)57-37-30-12-9-8-11-28(30)29-16-15-26(20-32(29)47-37)58-42(43,44)45/h6,8-12,14-17,20,25,27,31,33H,3-5,7,13,18-19,21-23H2,1-2H3,(H,46,52)(H,48,51)(H,49,54)/b10-6-/t25-,27-,31+,33+,41-/m1/s1. The number of aromatic nitrogens is 1. The number of nitrogens with one attached hydrogen (secondary N) is 3. The number of hydrogen-bond donors (Lipinski definition) is 3. The smallest absolute Gasteiger partial charge is 0.472 e. The Morgan fingerprint density at radius 3 is 2.50 bits per heavy atom. The van der Waals surface area contributed by atoms with Crippen LogP contribution in [0.25, 0.3) is 21.7 Å². The van der Waals surface area contributed by atoms with Gasteiger partial charge in [-0.05, 0) is 88.1 Å². The lowest BCUT2D eigenvalue weighted by Crippen LogP contribution is -2.58. The summed E-state index contributed by atoms with van der Waals surface area (Å²) in [6.07, 6.45) is 1.72. The van der Waals surface area contributed by atoms with Gasteiger partial charge in [0.25, 0.3) is 11.8 Å². The monoisotopic (exact) mass is 867 g/mol. The summed E-state index contributed by atoms with van der Waals surface area (Å²) in [5.41, 5.74) is -1.45. The minimum absolute atomic E-state index is 0.0443. The van der Waals surface area contributed by atoms with Crippen LogP contribution in [0.1, 0.15) is 79.3 Å². The first-order chi connectivity index (χ1) is 28.4. The van der Waals surface area contributed by atoms with Crippen molar-refractivity contribution in [2.75, 3.05) is 6.54 Å². The van der Waals surface area contributed by atoms with Crippen LogP contribution in [0.5, 0.6) is 11.6 Å². The van der Waals surface area contributed by atoms with E-state index in [2.05, 4.69) is 25.1 Å². The van der Waals surface area contributed by atoms with E-state index in [1.807, 2.05) is 19.1 Å². The molecular weight excluding hydrogens is 824 g/mol. The number of ether oxygens (including phenoxy) is 2. The Morgan fingerprint density at radius 2 is 1.78 bits per heavy atom. The van der Waals surface area contributed by atoms with Crippen molar-refractivity contribution in [2.24, 2.45) is 5.92 Å². The number of halogens is 3. The van der Waals surface area contributed by atoms with Gasteiger partial charge in [0.1, 0.15) is 29.5 Å². The van der Waals surface area contributed by atoms with E-state index in [4.69, 9.17) is 4.74 Å². The SMILES string of the molecule is Cc1ccc(C(=O)N[C@H]2CCCCC/C=C\[C@@H]3C[C@@]3(C(=O)NS(=O)(=O)C3(C)CC3)NC(=O)[C@@H]3C[C@@H](Oc4nc5cc(OC(F)(F)F)ccc5c5ccccc45)CN3C2=O)s1. The maximum absolute atomic E-state index is 14.7. The summed E-state index contributed by atoms with van der Waals surface area (Å²) in [7, 11) is -4.05. The number of fused-ring (bicyclic) bond motifs is 5. The number of benzene rings is 2. The van der Waals surface area contributed by atoms with E-state index in [9.17, 15) is 40.8 Å². The summed E-state index contributed by atoms with van der Waals surface area (Å²) in [6, 6.07) is 12.0. The van der Waals surface area contributed by atoms with Crippen LogP contribution in [-0.4, -0.2) is 83.3 Å². The second-order valence-corrected chi connectivity index (χ2v) is 19.8. The molecule has 0 bridgehead atoms. The minimum atomic E-state index is -4.93. The number of thiophene rings is 1.